The van der Waals surface area contributed by atoms with E-state index in [-0.39, 0.29) is 24.7 Å². The van der Waals surface area contributed by atoms with Gasteiger partial charge < -0.3 is 25.0 Å². The molecule has 1 aromatic heterocycles. The zero-order valence-electron chi connectivity index (χ0n) is 16.6. The van der Waals surface area contributed by atoms with Gasteiger partial charge >= 0.3 is 0 Å². The lowest BCUT2D eigenvalue weighted by Gasteiger charge is -2.32. The fourth-order valence-electron chi connectivity index (χ4n) is 3.49. The molecule has 4 rings (SSSR count). The van der Waals surface area contributed by atoms with Crippen LogP contribution in [0.2, 0.25) is 0 Å². The monoisotopic (exact) mass is 383 g/mol. The molecule has 0 saturated heterocycles. The van der Waals surface area contributed by atoms with E-state index < -0.39 is 0 Å². The summed E-state index contributed by atoms with van der Waals surface area (Å²) in [6.07, 6.45) is 0.904. The number of anilines is 3. The second kappa shape index (κ2) is 7.18. The van der Waals surface area contributed by atoms with Crippen molar-refractivity contribution in [2.45, 2.75) is 39.8 Å². The van der Waals surface area contributed by atoms with Crippen molar-refractivity contribution >= 4 is 23.2 Å². The molecule has 2 aliphatic rings. The van der Waals surface area contributed by atoms with Crippen LogP contribution in [0.25, 0.3) is 0 Å². The zero-order chi connectivity index (χ0) is 19.8. The standard InChI is InChI=1S/C20H25N5O3/c1-5-11(2)16-20(26)24-17-18(23-16)21-12(3)22-19(17)25(4)9-13-6-7-14-15(8-13)28-10-27-14/h6-8,11,16H,5,9-10H2,1-4H3,(H,24,26)(H,21,22,23). The van der Waals surface area contributed by atoms with Gasteiger partial charge in [0, 0.05) is 13.6 Å². The van der Waals surface area contributed by atoms with E-state index in [0.717, 1.165) is 23.5 Å². The summed E-state index contributed by atoms with van der Waals surface area (Å²) in [6, 6.07) is 5.58. The molecule has 3 heterocycles. The summed E-state index contributed by atoms with van der Waals surface area (Å²) in [5.74, 6) is 3.67. The molecule has 2 unspecified atom stereocenters. The third kappa shape index (κ3) is 3.30. The van der Waals surface area contributed by atoms with Gasteiger partial charge in [-0.15, -0.1) is 0 Å². The largest absolute Gasteiger partial charge is 0.454 e. The number of nitrogens with zero attached hydrogens (tertiary/aromatic N) is 3. The van der Waals surface area contributed by atoms with Crippen molar-refractivity contribution in [3.63, 3.8) is 0 Å². The first-order valence-electron chi connectivity index (χ1n) is 9.52. The topological polar surface area (TPSA) is 88.6 Å². The van der Waals surface area contributed by atoms with Crippen molar-refractivity contribution in [1.82, 2.24) is 9.97 Å². The first-order valence-corrected chi connectivity index (χ1v) is 9.52. The molecule has 0 bridgehead atoms. The van der Waals surface area contributed by atoms with Gasteiger partial charge in [-0.3, -0.25) is 4.79 Å². The van der Waals surface area contributed by atoms with Crippen molar-refractivity contribution in [3.05, 3.63) is 29.6 Å². The van der Waals surface area contributed by atoms with Gasteiger partial charge in [0.2, 0.25) is 12.7 Å². The second-order valence-corrected chi connectivity index (χ2v) is 7.36. The highest BCUT2D eigenvalue weighted by atomic mass is 16.7. The number of benzene rings is 1. The van der Waals surface area contributed by atoms with Gasteiger partial charge in [-0.1, -0.05) is 26.3 Å². The normalized spacial score (nSPS) is 18.1. The second-order valence-electron chi connectivity index (χ2n) is 7.36. The Balaban J connectivity index is 1.61. The summed E-state index contributed by atoms with van der Waals surface area (Å²) in [4.78, 5) is 23.7. The summed E-state index contributed by atoms with van der Waals surface area (Å²) >= 11 is 0. The van der Waals surface area contributed by atoms with E-state index in [1.54, 1.807) is 0 Å². The number of ether oxygens (including phenoxy) is 2. The van der Waals surface area contributed by atoms with Crippen LogP contribution in [0.4, 0.5) is 17.3 Å². The molecule has 0 fully saturated rings. The Morgan fingerprint density at radius 1 is 1.29 bits per heavy atom. The Bertz CT molecular complexity index is 917. The molecule has 1 aromatic carbocycles. The predicted molar refractivity (Wildman–Crippen MR) is 107 cm³/mol. The third-order valence-electron chi connectivity index (χ3n) is 5.26. The molecular formula is C20H25N5O3. The lowest BCUT2D eigenvalue weighted by molar-refractivity contribution is -0.118. The van der Waals surface area contributed by atoms with Crippen molar-refractivity contribution in [2.75, 3.05) is 29.4 Å². The van der Waals surface area contributed by atoms with E-state index in [0.29, 0.717) is 29.7 Å². The van der Waals surface area contributed by atoms with Crippen LogP contribution >= 0.6 is 0 Å². The van der Waals surface area contributed by atoms with Crippen LogP contribution in [0.1, 0.15) is 31.7 Å². The van der Waals surface area contributed by atoms with Crippen molar-refractivity contribution in [3.8, 4) is 11.5 Å². The summed E-state index contributed by atoms with van der Waals surface area (Å²) in [5.41, 5.74) is 1.68. The average Bonchev–Trinajstić information content (AvgIpc) is 3.14. The highest BCUT2D eigenvalue weighted by Crippen LogP contribution is 2.36. The van der Waals surface area contributed by atoms with Crippen LogP contribution in [0.3, 0.4) is 0 Å². The van der Waals surface area contributed by atoms with Gasteiger partial charge in [-0.2, -0.15) is 0 Å². The number of amides is 1. The van der Waals surface area contributed by atoms with Crippen molar-refractivity contribution in [2.24, 2.45) is 5.92 Å². The van der Waals surface area contributed by atoms with Crippen LogP contribution in [-0.2, 0) is 11.3 Å². The first kappa shape index (κ1) is 18.3. The molecule has 2 aliphatic heterocycles. The zero-order valence-corrected chi connectivity index (χ0v) is 16.6. The quantitative estimate of drug-likeness (QED) is 0.821. The number of rotatable bonds is 5. The van der Waals surface area contributed by atoms with Crippen molar-refractivity contribution in [1.29, 1.82) is 0 Å². The summed E-state index contributed by atoms with van der Waals surface area (Å²) in [5, 5.41) is 6.32. The van der Waals surface area contributed by atoms with Crippen LogP contribution in [-0.4, -0.2) is 35.8 Å². The number of aryl methyl sites for hydroxylation is 1. The summed E-state index contributed by atoms with van der Waals surface area (Å²) in [7, 11) is 1.94. The SMILES string of the molecule is CCC(C)C1Nc2nc(C)nc(N(C)Cc3ccc4c(c3)OCO4)c2NC1=O. The molecule has 0 saturated carbocycles. The molecule has 0 spiro atoms. The number of nitrogens with one attached hydrogen (secondary N) is 2. The van der Waals surface area contributed by atoms with Crippen LogP contribution in [0.15, 0.2) is 18.2 Å². The lowest BCUT2D eigenvalue weighted by Crippen LogP contribution is -2.44. The van der Waals surface area contributed by atoms with Gasteiger partial charge in [0.05, 0.1) is 0 Å². The highest BCUT2D eigenvalue weighted by molar-refractivity contribution is 6.05. The number of fused-ring (bicyclic) bond motifs is 2. The van der Waals surface area contributed by atoms with E-state index >= 15 is 0 Å². The Morgan fingerprint density at radius 3 is 2.86 bits per heavy atom. The molecule has 148 valence electrons. The molecule has 28 heavy (non-hydrogen) atoms. The summed E-state index contributed by atoms with van der Waals surface area (Å²) in [6.45, 7) is 6.84. The Kier molecular flexibility index (Phi) is 4.70. The van der Waals surface area contributed by atoms with Crippen LogP contribution < -0.4 is 25.0 Å². The molecule has 2 N–H and O–H groups in total. The van der Waals surface area contributed by atoms with Gasteiger partial charge in [-0.25, -0.2) is 9.97 Å². The Labute approximate surface area is 164 Å². The molecule has 0 radical (unpaired) electrons. The lowest BCUT2D eigenvalue weighted by atomic mass is 9.97. The Hall–Kier alpha value is -3.03. The van der Waals surface area contributed by atoms with Gasteiger partial charge in [-0.05, 0) is 30.5 Å². The fraction of sp³-hybridized carbons (Fsp3) is 0.450. The predicted octanol–water partition coefficient (Wildman–Crippen LogP) is 2.93. The van der Waals surface area contributed by atoms with E-state index in [1.807, 2.05) is 37.1 Å². The van der Waals surface area contributed by atoms with E-state index in [9.17, 15) is 4.79 Å². The first-order chi connectivity index (χ1) is 13.5. The third-order valence-corrected chi connectivity index (χ3v) is 5.26. The maximum absolute atomic E-state index is 12.6. The number of carbonyl (C=O) groups is 1. The molecule has 2 aromatic rings. The maximum Gasteiger partial charge on any atom is 0.247 e. The maximum atomic E-state index is 12.6. The number of hydrogen-bond donors (Lipinski definition) is 2. The van der Waals surface area contributed by atoms with Gasteiger partial charge in [0.1, 0.15) is 17.6 Å². The minimum absolute atomic E-state index is 0.0490. The molecule has 1 amide bonds. The number of carbonyl (C=O) groups excluding carboxylic acids is 1. The molecule has 8 nitrogen and oxygen atoms in total. The molecule has 2 atom stereocenters. The minimum Gasteiger partial charge on any atom is -0.454 e. The molecule has 0 aliphatic carbocycles. The summed E-state index contributed by atoms with van der Waals surface area (Å²) < 4.78 is 10.8. The highest BCUT2D eigenvalue weighted by Gasteiger charge is 2.33. The van der Waals surface area contributed by atoms with E-state index in [2.05, 4.69) is 34.4 Å². The van der Waals surface area contributed by atoms with Crippen LogP contribution in [0, 0.1) is 12.8 Å². The van der Waals surface area contributed by atoms with Crippen LogP contribution in [0.5, 0.6) is 11.5 Å². The smallest absolute Gasteiger partial charge is 0.247 e. The molecule has 8 heteroatoms. The average molecular weight is 383 g/mol. The van der Waals surface area contributed by atoms with E-state index in [1.165, 1.54) is 0 Å². The van der Waals surface area contributed by atoms with Gasteiger partial charge in [0.25, 0.3) is 0 Å². The van der Waals surface area contributed by atoms with E-state index in [4.69, 9.17) is 9.47 Å². The minimum atomic E-state index is -0.293. The Morgan fingerprint density at radius 2 is 2.07 bits per heavy atom. The molecular weight excluding hydrogens is 358 g/mol. The fourth-order valence-corrected chi connectivity index (χ4v) is 3.49. The van der Waals surface area contributed by atoms with Gasteiger partial charge in [0.15, 0.2) is 23.1 Å². The van der Waals surface area contributed by atoms with Crippen molar-refractivity contribution < 1.29 is 14.3 Å². The number of aromatic nitrogens is 2. The number of hydrogen-bond acceptors (Lipinski definition) is 7.